The summed E-state index contributed by atoms with van der Waals surface area (Å²) in [7, 11) is 0. The van der Waals surface area contributed by atoms with Gasteiger partial charge in [0.15, 0.2) is 4.67 Å². The number of hydrogen-bond donors (Lipinski definition) is 2. The predicted molar refractivity (Wildman–Crippen MR) is 75.9 cm³/mol. The first kappa shape index (κ1) is 14.1. The van der Waals surface area contributed by atoms with E-state index in [4.69, 9.17) is 9.52 Å². The second kappa shape index (κ2) is 6.21. The van der Waals surface area contributed by atoms with Crippen molar-refractivity contribution in [2.75, 3.05) is 0 Å². The molecule has 6 heteroatoms. The van der Waals surface area contributed by atoms with Crippen LogP contribution < -0.4 is 5.32 Å². The van der Waals surface area contributed by atoms with Crippen molar-refractivity contribution < 1.29 is 19.1 Å². The number of carbonyl (C=O) groups excluding carboxylic acids is 1. The molecule has 0 saturated carbocycles. The van der Waals surface area contributed by atoms with E-state index in [0.29, 0.717) is 16.0 Å². The van der Waals surface area contributed by atoms with Gasteiger partial charge in [0.05, 0.1) is 0 Å². The number of carboxylic acids is 1. The van der Waals surface area contributed by atoms with Crippen LogP contribution in [-0.4, -0.2) is 17.0 Å². The van der Waals surface area contributed by atoms with Crippen molar-refractivity contribution in [3.05, 3.63) is 64.2 Å². The van der Waals surface area contributed by atoms with Crippen molar-refractivity contribution in [2.24, 2.45) is 0 Å². The molecule has 0 atom stereocenters. The quantitative estimate of drug-likeness (QED) is 0.842. The second-order valence-electron chi connectivity index (χ2n) is 3.83. The standard InChI is InChI=1S/C14H10BrNO4/c15-12-7-6-10(20-12)8-11(14(18)19)16-13(17)9-4-2-1-3-5-9/h1-8H,(H,16,17)(H,18,19)/b11-8-. The molecule has 0 bridgehead atoms. The van der Waals surface area contributed by atoms with Gasteiger partial charge in [-0.3, -0.25) is 4.79 Å². The Hall–Kier alpha value is -2.34. The summed E-state index contributed by atoms with van der Waals surface area (Å²) in [5, 5.41) is 11.4. The molecule has 2 N–H and O–H groups in total. The summed E-state index contributed by atoms with van der Waals surface area (Å²) in [6.07, 6.45) is 1.24. The first-order chi connectivity index (χ1) is 9.56. The maximum Gasteiger partial charge on any atom is 0.352 e. The van der Waals surface area contributed by atoms with Crippen LogP contribution in [0.2, 0.25) is 0 Å². The highest BCUT2D eigenvalue weighted by Gasteiger charge is 2.13. The highest BCUT2D eigenvalue weighted by atomic mass is 79.9. The molecule has 20 heavy (non-hydrogen) atoms. The molecule has 5 nitrogen and oxygen atoms in total. The lowest BCUT2D eigenvalue weighted by Crippen LogP contribution is -2.27. The van der Waals surface area contributed by atoms with Gasteiger partial charge in [0, 0.05) is 11.6 Å². The van der Waals surface area contributed by atoms with Crippen LogP contribution in [-0.2, 0) is 4.79 Å². The van der Waals surface area contributed by atoms with Crippen molar-refractivity contribution >= 4 is 33.9 Å². The van der Waals surface area contributed by atoms with Gasteiger partial charge in [-0.15, -0.1) is 0 Å². The molecule has 1 heterocycles. The van der Waals surface area contributed by atoms with Crippen molar-refractivity contribution in [3.8, 4) is 0 Å². The summed E-state index contributed by atoms with van der Waals surface area (Å²) in [6, 6.07) is 11.6. The maximum atomic E-state index is 11.9. The Labute approximate surface area is 123 Å². The van der Waals surface area contributed by atoms with Crippen LogP contribution in [0.15, 0.2) is 57.2 Å². The second-order valence-corrected chi connectivity index (χ2v) is 4.61. The van der Waals surface area contributed by atoms with E-state index in [1.807, 2.05) is 0 Å². The average molecular weight is 336 g/mol. The smallest absolute Gasteiger partial charge is 0.352 e. The topological polar surface area (TPSA) is 79.5 Å². The molecule has 1 amide bonds. The molecule has 0 spiro atoms. The van der Waals surface area contributed by atoms with Crippen LogP contribution in [0.4, 0.5) is 0 Å². The van der Waals surface area contributed by atoms with Crippen molar-refractivity contribution in [1.82, 2.24) is 5.32 Å². The molecule has 2 aromatic rings. The third-order valence-electron chi connectivity index (χ3n) is 2.40. The van der Waals surface area contributed by atoms with E-state index in [0.717, 1.165) is 0 Å². The van der Waals surface area contributed by atoms with Gasteiger partial charge in [-0.2, -0.15) is 0 Å². The van der Waals surface area contributed by atoms with E-state index >= 15 is 0 Å². The van der Waals surface area contributed by atoms with Gasteiger partial charge in [-0.1, -0.05) is 18.2 Å². The summed E-state index contributed by atoms with van der Waals surface area (Å²) in [6.45, 7) is 0. The number of benzene rings is 1. The Kier molecular flexibility index (Phi) is 4.37. The molecule has 0 fully saturated rings. The lowest BCUT2D eigenvalue weighted by molar-refractivity contribution is -0.132. The Morgan fingerprint density at radius 2 is 1.85 bits per heavy atom. The van der Waals surface area contributed by atoms with Gasteiger partial charge in [0.2, 0.25) is 0 Å². The Morgan fingerprint density at radius 3 is 2.40 bits per heavy atom. The van der Waals surface area contributed by atoms with E-state index < -0.39 is 11.9 Å². The summed E-state index contributed by atoms with van der Waals surface area (Å²) < 4.78 is 5.65. The minimum Gasteiger partial charge on any atom is -0.477 e. The molecule has 1 aromatic carbocycles. The van der Waals surface area contributed by atoms with Crippen LogP contribution in [0.5, 0.6) is 0 Å². The van der Waals surface area contributed by atoms with Crippen LogP contribution in [0, 0.1) is 0 Å². The summed E-state index contributed by atoms with van der Waals surface area (Å²) in [4.78, 5) is 23.0. The highest BCUT2D eigenvalue weighted by Crippen LogP contribution is 2.16. The number of aliphatic carboxylic acids is 1. The molecule has 0 aliphatic heterocycles. The Bertz CT molecular complexity index is 661. The lowest BCUT2D eigenvalue weighted by Gasteiger charge is -2.05. The Balaban J connectivity index is 2.20. The molecule has 102 valence electrons. The molecular formula is C14H10BrNO4. The van der Waals surface area contributed by atoms with E-state index in [-0.39, 0.29) is 5.70 Å². The van der Waals surface area contributed by atoms with Crippen LogP contribution in [0.1, 0.15) is 16.1 Å². The minimum absolute atomic E-state index is 0.263. The summed E-state index contributed by atoms with van der Waals surface area (Å²) in [5.41, 5.74) is 0.112. The van der Waals surface area contributed by atoms with Gasteiger partial charge in [-0.05, 0) is 40.2 Å². The monoisotopic (exact) mass is 335 g/mol. The van der Waals surface area contributed by atoms with Crippen molar-refractivity contribution in [2.45, 2.75) is 0 Å². The van der Waals surface area contributed by atoms with E-state index in [2.05, 4.69) is 21.2 Å². The fourth-order valence-corrected chi connectivity index (χ4v) is 1.80. The number of halogens is 1. The first-order valence-electron chi connectivity index (χ1n) is 5.63. The molecule has 0 unspecified atom stereocenters. The van der Waals surface area contributed by atoms with Crippen molar-refractivity contribution in [1.29, 1.82) is 0 Å². The summed E-state index contributed by atoms with van der Waals surface area (Å²) >= 11 is 3.12. The van der Waals surface area contributed by atoms with Crippen molar-refractivity contribution in [3.63, 3.8) is 0 Å². The number of carbonyl (C=O) groups is 2. The molecule has 1 aromatic heterocycles. The van der Waals surface area contributed by atoms with Crippen LogP contribution >= 0.6 is 15.9 Å². The third-order valence-corrected chi connectivity index (χ3v) is 2.82. The number of furan rings is 1. The highest BCUT2D eigenvalue weighted by molar-refractivity contribution is 9.10. The number of carboxylic acid groups (broad SMARTS) is 1. The SMILES string of the molecule is O=C(O)/C(=C/c1ccc(Br)o1)NC(=O)c1ccccc1. The Morgan fingerprint density at radius 1 is 1.15 bits per heavy atom. The zero-order valence-electron chi connectivity index (χ0n) is 10.2. The van der Waals surface area contributed by atoms with Crippen LogP contribution in [0.3, 0.4) is 0 Å². The molecule has 0 aliphatic rings. The normalized spacial score (nSPS) is 11.2. The number of hydrogen-bond acceptors (Lipinski definition) is 3. The van der Waals surface area contributed by atoms with Gasteiger partial charge < -0.3 is 14.8 Å². The molecule has 0 aliphatic carbocycles. The minimum atomic E-state index is -1.25. The van der Waals surface area contributed by atoms with E-state index in [1.165, 1.54) is 6.08 Å². The molecular weight excluding hydrogens is 326 g/mol. The fourth-order valence-electron chi connectivity index (χ4n) is 1.48. The fraction of sp³-hybridized carbons (Fsp3) is 0. The zero-order valence-corrected chi connectivity index (χ0v) is 11.8. The van der Waals surface area contributed by atoms with Crippen LogP contribution in [0.25, 0.3) is 6.08 Å². The average Bonchev–Trinajstić information content (AvgIpc) is 2.84. The predicted octanol–water partition coefficient (Wildman–Crippen LogP) is 2.90. The molecule has 0 radical (unpaired) electrons. The molecule has 2 rings (SSSR count). The number of amides is 1. The van der Waals surface area contributed by atoms with Gasteiger partial charge >= 0.3 is 5.97 Å². The van der Waals surface area contributed by atoms with Gasteiger partial charge in [0.1, 0.15) is 11.5 Å². The van der Waals surface area contributed by atoms with Gasteiger partial charge in [0.25, 0.3) is 5.91 Å². The number of nitrogens with one attached hydrogen (secondary N) is 1. The summed E-state index contributed by atoms with van der Waals surface area (Å²) in [5.74, 6) is -1.42. The number of rotatable bonds is 4. The lowest BCUT2D eigenvalue weighted by atomic mass is 10.2. The van der Waals surface area contributed by atoms with E-state index in [1.54, 1.807) is 42.5 Å². The molecule has 0 saturated heterocycles. The zero-order chi connectivity index (χ0) is 14.5. The maximum absolute atomic E-state index is 11.9. The largest absolute Gasteiger partial charge is 0.477 e. The van der Waals surface area contributed by atoms with E-state index in [9.17, 15) is 9.59 Å². The van der Waals surface area contributed by atoms with Gasteiger partial charge in [-0.25, -0.2) is 4.79 Å². The first-order valence-corrected chi connectivity index (χ1v) is 6.42. The third kappa shape index (κ3) is 3.58.